The van der Waals surface area contributed by atoms with E-state index in [1.165, 1.54) is 5.57 Å². The molecule has 0 aromatic heterocycles. The molecule has 1 aliphatic carbocycles. The van der Waals surface area contributed by atoms with E-state index in [2.05, 4.69) is 49.9 Å². The number of allylic oxidation sites excluding steroid dienone is 4. The van der Waals surface area contributed by atoms with Crippen molar-refractivity contribution < 1.29 is 0 Å². The maximum atomic E-state index is 4.00. The molecule has 0 unspecified atom stereocenters. The van der Waals surface area contributed by atoms with Gasteiger partial charge >= 0.3 is 0 Å². The van der Waals surface area contributed by atoms with E-state index in [1.807, 2.05) is 19.2 Å². The van der Waals surface area contributed by atoms with Crippen LogP contribution in [0.15, 0.2) is 84.2 Å². The van der Waals surface area contributed by atoms with E-state index < -0.39 is 0 Å². The van der Waals surface area contributed by atoms with Crippen molar-refractivity contribution in [1.82, 2.24) is 10.6 Å². The van der Waals surface area contributed by atoms with Gasteiger partial charge in [-0.1, -0.05) is 50.6 Å². The number of hydrogen-bond acceptors (Lipinski definition) is 2. The topological polar surface area (TPSA) is 24.1 Å². The lowest BCUT2D eigenvalue weighted by Crippen LogP contribution is -2.25. The van der Waals surface area contributed by atoms with Crippen LogP contribution < -0.4 is 10.6 Å². The monoisotopic (exact) mass is 268 g/mol. The third-order valence-electron chi connectivity index (χ3n) is 3.31. The molecule has 2 N–H and O–H groups in total. The Labute approximate surface area is 122 Å². The van der Waals surface area contributed by atoms with Gasteiger partial charge in [0.05, 0.1) is 0 Å². The van der Waals surface area contributed by atoms with Crippen molar-refractivity contribution in [2.75, 3.05) is 20.1 Å². The van der Waals surface area contributed by atoms with Gasteiger partial charge in [-0.2, -0.15) is 0 Å². The van der Waals surface area contributed by atoms with Gasteiger partial charge in [-0.3, -0.25) is 0 Å². The van der Waals surface area contributed by atoms with E-state index in [0.29, 0.717) is 0 Å². The molecule has 0 aromatic rings. The second-order valence-electron chi connectivity index (χ2n) is 4.74. The van der Waals surface area contributed by atoms with Gasteiger partial charge in [0.1, 0.15) is 0 Å². The van der Waals surface area contributed by atoms with Gasteiger partial charge in [-0.05, 0) is 41.8 Å². The molecule has 0 bridgehead atoms. The molecule has 0 fully saturated rings. The van der Waals surface area contributed by atoms with E-state index in [-0.39, 0.29) is 0 Å². The third kappa shape index (κ3) is 3.72. The average molecular weight is 268 g/mol. The predicted octanol–water partition coefficient (Wildman–Crippen LogP) is 3.42. The molecule has 0 heterocycles. The summed E-state index contributed by atoms with van der Waals surface area (Å²) in [5, 5.41) is 6.53. The first-order valence-electron chi connectivity index (χ1n) is 6.68. The average Bonchev–Trinajstić information content (AvgIpc) is 2.46. The number of likely N-dealkylation sites (N-methyl/N-ethyl adjacent to an activating group) is 1. The van der Waals surface area contributed by atoms with Crippen molar-refractivity contribution in [2.24, 2.45) is 0 Å². The standard InChI is InChI=1S/C18H24N2/c1-7-9-17(10-16(8-2)11-19-6)12-20-18-14(4)13(3)15(18)5/h7-10,19-20H,1-4,11-12H2,5-6H3/b16-10+,17-9+. The number of rotatable bonds is 8. The highest BCUT2D eigenvalue weighted by Gasteiger charge is 2.21. The van der Waals surface area contributed by atoms with E-state index in [9.17, 15) is 0 Å². The minimum absolute atomic E-state index is 0.728. The molecule has 0 aliphatic heterocycles. The highest BCUT2D eigenvalue weighted by Crippen LogP contribution is 2.34. The van der Waals surface area contributed by atoms with Crippen molar-refractivity contribution >= 4 is 0 Å². The smallest absolute Gasteiger partial charge is 0.0452 e. The van der Waals surface area contributed by atoms with Crippen LogP contribution >= 0.6 is 0 Å². The van der Waals surface area contributed by atoms with Gasteiger partial charge in [0.2, 0.25) is 0 Å². The van der Waals surface area contributed by atoms with Crippen molar-refractivity contribution in [1.29, 1.82) is 0 Å². The Morgan fingerprint density at radius 1 is 1.10 bits per heavy atom. The zero-order valence-electron chi connectivity index (χ0n) is 12.6. The fourth-order valence-electron chi connectivity index (χ4n) is 2.06. The number of hydrogen-bond donors (Lipinski definition) is 2. The van der Waals surface area contributed by atoms with E-state index in [4.69, 9.17) is 0 Å². The van der Waals surface area contributed by atoms with E-state index >= 15 is 0 Å². The maximum absolute atomic E-state index is 4.00. The van der Waals surface area contributed by atoms with Gasteiger partial charge in [-0.25, -0.2) is 0 Å². The van der Waals surface area contributed by atoms with Crippen LogP contribution in [0.3, 0.4) is 0 Å². The summed E-state index contributed by atoms with van der Waals surface area (Å²) >= 11 is 0. The van der Waals surface area contributed by atoms with Crippen molar-refractivity contribution in [3.63, 3.8) is 0 Å². The first kappa shape index (κ1) is 16.0. The highest BCUT2D eigenvalue weighted by molar-refractivity contribution is 5.66. The Kier molecular flexibility index (Phi) is 6.01. The summed E-state index contributed by atoms with van der Waals surface area (Å²) in [4.78, 5) is 0. The summed E-state index contributed by atoms with van der Waals surface area (Å²) < 4.78 is 0. The Bertz CT molecular complexity index is 528. The summed E-state index contributed by atoms with van der Waals surface area (Å²) in [5.74, 6) is 0. The minimum Gasteiger partial charge on any atom is -0.380 e. The molecule has 0 amide bonds. The zero-order valence-corrected chi connectivity index (χ0v) is 12.6. The molecular weight excluding hydrogens is 244 g/mol. The Hall–Kier alpha value is -2.06. The quantitative estimate of drug-likeness (QED) is 0.659. The molecule has 106 valence electrons. The summed E-state index contributed by atoms with van der Waals surface area (Å²) in [6.45, 7) is 19.1. The fourth-order valence-corrected chi connectivity index (χ4v) is 2.06. The summed E-state index contributed by atoms with van der Waals surface area (Å²) in [6.07, 6.45) is 7.77. The largest absolute Gasteiger partial charge is 0.380 e. The normalized spacial score (nSPS) is 16.1. The van der Waals surface area contributed by atoms with Gasteiger partial charge in [0.15, 0.2) is 0 Å². The predicted molar refractivity (Wildman–Crippen MR) is 89.5 cm³/mol. The summed E-state index contributed by atoms with van der Waals surface area (Å²) in [5.41, 5.74) is 6.63. The molecule has 0 atom stereocenters. The second-order valence-corrected chi connectivity index (χ2v) is 4.74. The van der Waals surface area contributed by atoms with Crippen LogP contribution in [0, 0.1) is 0 Å². The lowest BCUT2D eigenvalue weighted by atomic mass is 9.85. The molecule has 2 heteroatoms. The lowest BCUT2D eigenvalue weighted by molar-refractivity contribution is 0.851. The zero-order chi connectivity index (χ0) is 15.1. The van der Waals surface area contributed by atoms with Crippen molar-refractivity contribution in [3.05, 3.63) is 84.2 Å². The van der Waals surface area contributed by atoms with Gasteiger partial charge in [0, 0.05) is 18.8 Å². The second kappa shape index (κ2) is 7.51. The molecule has 1 aliphatic rings. The van der Waals surface area contributed by atoms with Gasteiger partial charge in [0.25, 0.3) is 0 Å². The van der Waals surface area contributed by atoms with E-state index in [1.54, 1.807) is 6.08 Å². The Morgan fingerprint density at radius 3 is 2.30 bits per heavy atom. The van der Waals surface area contributed by atoms with Crippen LogP contribution in [0.4, 0.5) is 0 Å². The SMILES string of the molecule is C=C/C=C(\C=C(/C=C)CNC)CNC1=C(C)C(=C)C1=C. The molecule has 20 heavy (non-hydrogen) atoms. The molecule has 2 nitrogen and oxygen atoms in total. The number of nitrogens with one attached hydrogen (secondary N) is 2. The maximum Gasteiger partial charge on any atom is 0.0452 e. The first-order valence-corrected chi connectivity index (χ1v) is 6.68. The van der Waals surface area contributed by atoms with Crippen LogP contribution in [0.25, 0.3) is 0 Å². The molecule has 0 spiro atoms. The van der Waals surface area contributed by atoms with Crippen molar-refractivity contribution in [2.45, 2.75) is 6.92 Å². The Morgan fingerprint density at radius 2 is 1.80 bits per heavy atom. The van der Waals surface area contributed by atoms with E-state index in [0.717, 1.165) is 41.1 Å². The molecule has 0 radical (unpaired) electrons. The Balaban J connectivity index is 2.78. The van der Waals surface area contributed by atoms with Gasteiger partial charge < -0.3 is 10.6 Å². The van der Waals surface area contributed by atoms with Crippen LogP contribution in [-0.2, 0) is 0 Å². The van der Waals surface area contributed by atoms with Crippen LogP contribution in [0.5, 0.6) is 0 Å². The summed E-state index contributed by atoms with van der Waals surface area (Å²) in [6, 6.07) is 0. The molecule has 0 saturated carbocycles. The molecule has 0 saturated heterocycles. The van der Waals surface area contributed by atoms with Crippen molar-refractivity contribution in [3.8, 4) is 0 Å². The van der Waals surface area contributed by atoms with Crippen LogP contribution in [0.2, 0.25) is 0 Å². The molecular formula is C18H24N2. The molecule has 0 aromatic carbocycles. The first-order chi connectivity index (χ1) is 9.54. The lowest BCUT2D eigenvalue weighted by Gasteiger charge is -2.28. The van der Waals surface area contributed by atoms with Crippen LogP contribution in [-0.4, -0.2) is 20.1 Å². The highest BCUT2D eigenvalue weighted by atomic mass is 14.9. The summed E-state index contributed by atoms with van der Waals surface area (Å²) in [7, 11) is 1.92. The van der Waals surface area contributed by atoms with Gasteiger partial charge in [-0.15, -0.1) is 0 Å². The molecule has 1 rings (SSSR count). The fraction of sp³-hybridized carbons (Fsp3) is 0.222. The van der Waals surface area contributed by atoms with Crippen LogP contribution in [0.1, 0.15) is 6.92 Å². The minimum atomic E-state index is 0.728. The third-order valence-corrected chi connectivity index (χ3v) is 3.31.